The van der Waals surface area contributed by atoms with Crippen LogP contribution < -0.4 is 0 Å². The van der Waals surface area contributed by atoms with Crippen molar-refractivity contribution in [3.8, 4) is 17.2 Å². The smallest absolute Gasteiger partial charge is 0.231 e. The maximum Gasteiger partial charge on any atom is 0.231 e. The van der Waals surface area contributed by atoms with Crippen molar-refractivity contribution < 1.29 is 25.2 Å². The topological polar surface area (TPSA) is 98.0 Å². The van der Waals surface area contributed by atoms with Gasteiger partial charge in [0.15, 0.2) is 17.3 Å². The number of benzene rings is 1. The summed E-state index contributed by atoms with van der Waals surface area (Å²) in [4.78, 5) is 12.9. The first-order valence-electron chi connectivity index (χ1n) is 8.75. The van der Waals surface area contributed by atoms with Gasteiger partial charge in [-0.3, -0.25) is 4.79 Å². The number of ketones is 1. The summed E-state index contributed by atoms with van der Waals surface area (Å²) in [7, 11) is 0. The van der Waals surface area contributed by atoms with Gasteiger partial charge in [-0.25, -0.2) is 0 Å². The van der Waals surface area contributed by atoms with Gasteiger partial charge in [-0.2, -0.15) is 0 Å². The van der Waals surface area contributed by atoms with Crippen molar-refractivity contribution in [2.75, 3.05) is 0 Å². The highest BCUT2D eigenvalue weighted by Crippen LogP contribution is 2.61. The van der Waals surface area contributed by atoms with Crippen molar-refractivity contribution in [3.63, 3.8) is 0 Å². The second kappa shape index (κ2) is 5.16. The van der Waals surface area contributed by atoms with Gasteiger partial charge in [0.2, 0.25) is 5.78 Å². The average molecular weight is 346 g/mol. The van der Waals surface area contributed by atoms with E-state index in [9.17, 15) is 25.2 Å². The van der Waals surface area contributed by atoms with E-state index in [-0.39, 0.29) is 45.6 Å². The van der Waals surface area contributed by atoms with Gasteiger partial charge in [0.25, 0.3) is 0 Å². The predicted octanol–water partition coefficient (Wildman–Crippen LogP) is 4.40. The fraction of sp³-hybridized carbons (Fsp3) is 0.550. The van der Waals surface area contributed by atoms with E-state index in [1.54, 1.807) is 13.8 Å². The second-order valence-electron chi connectivity index (χ2n) is 8.49. The van der Waals surface area contributed by atoms with Crippen molar-refractivity contribution in [1.82, 2.24) is 0 Å². The number of phenols is 3. The van der Waals surface area contributed by atoms with E-state index in [0.717, 1.165) is 12.8 Å². The van der Waals surface area contributed by atoms with Crippen molar-refractivity contribution in [3.05, 3.63) is 28.0 Å². The zero-order valence-electron chi connectivity index (χ0n) is 15.4. The molecule has 1 fully saturated rings. The summed E-state index contributed by atoms with van der Waals surface area (Å²) in [6, 6.07) is 0. The highest BCUT2D eigenvalue weighted by molar-refractivity contribution is 6.13. The maximum atomic E-state index is 12.9. The lowest BCUT2D eigenvalue weighted by Crippen LogP contribution is -2.43. The van der Waals surface area contributed by atoms with Gasteiger partial charge in [-0.1, -0.05) is 41.0 Å². The second-order valence-corrected chi connectivity index (χ2v) is 8.49. The summed E-state index contributed by atoms with van der Waals surface area (Å²) in [6.45, 7) is 9.29. The Bertz CT molecular complexity index is 816. The van der Waals surface area contributed by atoms with Gasteiger partial charge >= 0.3 is 0 Å². The Hall–Kier alpha value is -2.17. The lowest BCUT2D eigenvalue weighted by molar-refractivity contribution is 0.0934. The highest BCUT2D eigenvalue weighted by atomic mass is 16.3. The summed E-state index contributed by atoms with van der Waals surface area (Å²) in [6.07, 6.45) is 2.28. The molecule has 1 saturated carbocycles. The maximum absolute atomic E-state index is 12.9. The van der Waals surface area contributed by atoms with Crippen LogP contribution in [0.2, 0.25) is 0 Å². The summed E-state index contributed by atoms with van der Waals surface area (Å²) >= 11 is 0. The van der Waals surface area contributed by atoms with Gasteiger partial charge < -0.3 is 20.4 Å². The van der Waals surface area contributed by atoms with Crippen LogP contribution in [-0.4, -0.2) is 26.2 Å². The molecule has 2 aliphatic carbocycles. The molecule has 0 spiro atoms. The van der Waals surface area contributed by atoms with Crippen LogP contribution in [-0.2, 0) is 5.41 Å². The Balaban J connectivity index is 2.46. The summed E-state index contributed by atoms with van der Waals surface area (Å²) in [5.41, 5.74) is -0.379. The van der Waals surface area contributed by atoms with Crippen LogP contribution in [0.25, 0.3) is 0 Å². The SMILES string of the molecule is CC(C)c1c(O)c(O)c2c(c1O)C(=O)C(O)=C1C(C)(C)CCC[C@]12C. The first kappa shape index (κ1) is 17.6. The minimum atomic E-state index is -0.816. The van der Waals surface area contributed by atoms with E-state index in [0.29, 0.717) is 12.0 Å². The van der Waals surface area contributed by atoms with Gasteiger partial charge in [-0.05, 0) is 29.7 Å². The fourth-order valence-corrected chi connectivity index (χ4v) is 4.98. The van der Waals surface area contributed by atoms with Crippen LogP contribution in [0.3, 0.4) is 0 Å². The Morgan fingerprint density at radius 3 is 2.08 bits per heavy atom. The van der Waals surface area contributed by atoms with Crippen molar-refractivity contribution in [1.29, 1.82) is 0 Å². The number of rotatable bonds is 1. The number of allylic oxidation sites excluding steroid dienone is 2. The molecule has 3 rings (SSSR count). The molecule has 0 aliphatic heterocycles. The molecule has 4 N–H and O–H groups in total. The number of carbonyl (C=O) groups excluding carboxylic acids is 1. The minimum absolute atomic E-state index is 0.0829. The molecule has 5 heteroatoms. The molecule has 0 unspecified atom stereocenters. The Morgan fingerprint density at radius 2 is 1.52 bits per heavy atom. The molecule has 0 aromatic heterocycles. The molecule has 0 saturated heterocycles. The van der Waals surface area contributed by atoms with Crippen molar-refractivity contribution >= 4 is 5.78 Å². The van der Waals surface area contributed by atoms with Gasteiger partial charge in [0.1, 0.15) is 5.75 Å². The van der Waals surface area contributed by atoms with Crippen LogP contribution >= 0.6 is 0 Å². The molecule has 136 valence electrons. The number of hydrogen-bond donors (Lipinski definition) is 4. The number of aromatic hydroxyl groups is 3. The molecular weight excluding hydrogens is 320 g/mol. The third-order valence-electron chi connectivity index (χ3n) is 5.97. The van der Waals surface area contributed by atoms with E-state index < -0.39 is 16.6 Å². The molecule has 0 amide bonds. The Kier molecular flexibility index (Phi) is 3.64. The fourth-order valence-electron chi connectivity index (χ4n) is 4.98. The Morgan fingerprint density at radius 1 is 0.920 bits per heavy atom. The molecule has 25 heavy (non-hydrogen) atoms. The standard InChI is InChI=1S/C20H26O5/c1-9(2)10-13(21)11-12(16(24)14(10)22)20(5)8-6-7-19(3,4)18(20)17(25)15(11)23/h9,21-22,24-25H,6-8H2,1-5H3/t20-/m0/s1. The molecule has 0 radical (unpaired) electrons. The zero-order valence-corrected chi connectivity index (χ0v) is 15.4. The quantitative estimate of drug-likeness (QED) is 0.446. The number of aliphatic hydroxyl groups excluding tert-OH is 1. The van der Waals surface area contributed by atoms with E-state index >= 15 is 0 Å². The first-order valence-corrected chi connectivity index (χ1v) is 8.75. The largest absolute Gasteiger partial charge is 0.507 e. The van der Waals surface area contributed by atoms with E-state index in [4.69, 9.17) is 0 Å². The molecule has 0 heterocycles. The van der Waals surface area contributed by atoms with Gasteiger partial charge in [0, 0.05) is 16.5 Å². The number of hydrogen-bond acceptors (Lipinski definition) is 5. The summed E-state index contributed by atoms with van der Waals surface area (Å²) in [5.74, 6) is -2.42. The van der Waals surface area contributed by atoms with Crippen molar-refractivity contribution in [2.24, 2.45) is 5.41 Å². The number of carbonyl (C=O) groups is 1. The highest BCUT2D eigenvalue weighted by Gasteiger charge is 2.53. The lowest BCUT2D eigenvalue weighted by Gasteiger charge is -2.49. The predicted molar refractivity (Wildman–Crippen MR) is 94.5 cm³/mol. The zero-order chi connectivity index (χ0) is 18.9. The van der Waals surface area contributed by atoms with Crippen LogP contribution in [0, 0.1) is 5.41 Å². The van der Waals surface area contributed by atoms with Gasteiger partial charge in [-0.15, -0.1) is 0 Å². The van der Waals surface area contributed by atoms with Crippen LogP contribution in [0.4, 0.5) is 0 Å². The molecule has 1 aromatic carbocycles. The molecule has 1 atom stereocenters. The third kappa shape index (κ3) is 2.11. The molecular formula is C20H26O5. The van der Waals surface area contributed by atoms with Crippen LogP contribution in [0.1, 0.15) is 81.3 Å². The molecule has 1 aromatic rings. The Labute approximate surface area is 147 Å². The third-order valence-corrected chi connectivity index (χ3v) is 5.97. The van der Waals surface area contributed by atoms with Crippen LogP contribution in [0.5, 0.6) is 17.2 Å². The number of aliphatic hydroxyl groups is 1. The molecule has 5 nitrogen and oxygen atoms in total. The number of phenolic OH excluding ortho intramolecular Hbond substituents is 3. The van der Waals surface area contributed by atoms with E-state index in [1.165, 1.54) is 0 Å². The average Bonchev–Trinajstić information content (AvgIpc) is 2.47. The van der Waals surface area contributed by atoms with Gasteiger partial charge in [0.05, 0.1) is 5.56 Å². The van der Waals surface area contributed by atoms with Crippen LogP contribution in [0.15, 0.2) is 11.3 Å². The minimum Gasteiger partial charge on any atom is -0.507 e. The number of fused-ring (bicyclic) bond motifs is 3. The van der Waals surface area contributed by atoms with E-state index in [1.807, 2.05) is 20.8 Å². The molecule has 0 bridgehead atoms. The normalized spacial score (nSPS) is 25.1. The monoisotopic (exact) mass is 346 g/mol. The first-order chi connectivity index (χ1) is 11.4. The molecule has 2 aliphatic rings. The summed E-state index contributed by atoms with van der Waals surface area (Å²) in [5, 5.41) is 42.7. The lowest BCUT2D eigenvalue weighted by atomic mass is 9.54. The van der Waals surface area contributed by atoms with E-state index in [2.05, 4.69) is 0 Å². The van der Waals surface area contributed by atoms with Crippen molar-refractivity contribution in [2.45, 2.75) is 65.2 Å². The number of Topliss-reactive ketones (excluding diaryl/α,β-unsaturated/α-hetero) is 1. The summed E-state index contributed by atoms with van der Waals surface area (Å²) < 4.78 is 0.